The second kappa shape index (κ2) is 13.5. The van der Waals surface area contributed by atoms with Gasteiger partial charge in [0, 0.05) is 10.8 Å². The summed E-state index contributed by atoms with van der Waals surface area (Å²) in [6, 6.07) is 11.1. The zero-order valence-corrected chi connectivity index (χ0v) is 28.8. The maximum atomic E-state index is 16.2. The van der Waals surface area contributed by atoms with Gasteiger partial charge >= 0.3 is 7.32 Å². The number of fused-ring (bicyclic) bond motifs is 3. The van der Waals surface area contributed by atoms with Crippen LogP contribution < -0.4 is 14.0 Å². The van der Waals surface area contributed by atoms with Crippen LogP contribution in [0.1, 0.15) is 0 Å². The normalized spacial score (nSPS) is 12.0. The molecule has 0 bridgehead atoms. The van der Waals surface area contributed by atoms with Crippen LogP contribution in [0.15, 0.2) is 48.5 Å². The van der Waals surface area contributed by atoms with Gasteiger partial charge in [0.2, 0.25) is 11.6 Å². The predicted molar refractivity (Wildman–Crippen MR) is 182 cm³/mol. The van der Waals surface area contributed by atoms with Crippen LogP contribution in [0.25, 0.3) is 64.6 Å². The Balaban J connectivity index is 1.36. The molecule has 0 saturated carbocycles. The lowest BCUT2D eigenvalue weighted by Gasteiger charge is -2.22. The van der Waals surface area contributed by atoms with E-state index in [1.807, 2.05) is 0 Å². The molecule has 3 nitrogen and oxygen atoms in total. The first-order chi connectivity index (χ1) is 28.9. The maximum absolute atomic E-state index is 16.2. The Hall–Kier alpha value is -6.93. The molecule has 0 aliphatic rings. The van der Waals surface area contributed by atoms with Crippen LogP contribution in [0.2, 0.25) is 0 Å². The molecule has 0 N–H and O–H groups in total. The lowest BCUT2D eigenvalue weighted by molar-refractivity contribution is 0.285. The molecule has 308 valence electrons. The van der Waals surface area contributed by atoms with Gasteiger partial charge in [-0.15, -0.1) is 0 Å². The molecule has 0 heterocycles. The summed E-state index contributed by atoms with van der Waals surface area (Å²) in [5, 5.41) is -11.8. The summed E-state index contributed by atoms with van der Waals surface area (Å²) in [5.41, 5.74) is 0. The number of hydrogen-bond donors (Lipinski definition) is 0. The number of hydrogen-bond acceptors (Lipinski definition) is 3. The fourth-order valence-corrected chi connectivity index (χ4v) is 7.27. The van der Waals surface area contributed by atoms with Gasteiger partial charge in [-0.05, 0) is 33.7 Å². The second-order valence-corrected chi connectivity index (χ2v) is 13.1. The highest BCUT2D eigenvalue weighted by Gasteiger charge is 2.42. The van der Waals surface area contributed by atoms with Gasteiger partial charge in [-0.2, -0.15) is 8.78 Å². The molecule has 21 heteroatoms. The zero-order valence-electron chi connectivity index (χ0n) is 28.8. The number of rotatable bonds is 6. The standard InChI is InChI=1S/C40H8BF17O3/c42-13-8-11-5-4-9-2-1-3-10-6-7-12(15(11)14(9)10)38(13)59-41(61-40-21-19(28(49)35(56)37(40)58)27(48)32(53)33(54)29(21)50)60-39-20-18(26(47)34(55)36(39)57)22(43)16-17(23(20)44)25(46)31(52)30(51)24(16)45/h1-8H. The molecule has 0 fully saturated rings. The van der Waals surface area contributed by atoms with Crippen molar-refractivity contribution in [3.05, 3.63) is 147 Å². The van der Waals surface area contributed by atoms with Gasteiger partial charge in [-0.3, -0.25) is 0 Å². The Bertz CT molecular complexity index is 3430. The highest BCUT2D eigenvalue weighted by atomic mass is 19.2. The summed E-state index contributed by atoms with van der Waals surface area (Å²) in [7, 11) is -3.53. The van der Waals surface area contributed by atoms with Gasteiger partial charge < -0.3 is 14.0 Å². The molecule has 0 amide bonds. The van der Waals surface area contributed by atoms with Crippen molar-refractivity contribution in [2.24, 2.45) is 0 Å². The van der Waals surface area contributed by atoms with Gasteiger partial charge in [0.15, 0.2) is 87.1 Å². The molecule has 0 aliphatic carbocycles. The Kier molecular flexibility index (Phi) is 8.78. The second-order valence-electron chi connectivity index (χ2n) is 13.1. The SMILES string of the molecule is Fc1cc2ccc3cccc4ccc(c1OB(Oc1c(F)c(F)c(F)c5c(F)c(F)c(F)c(F)c15)Oc1c(F)c(F)c(F)c5c(F)c6c(F)c(F)c(F)c(F)c6c(F)c15)c2c34. The highest BCUT2D eigenvalue weighted by molar-refractivity contribution is 6.41. The van der Waals surface area contributed by atoms with Gasteiger partial charge in [-0.25, -0.2) is 65.9 Å². The average Bonchev–Trinajstić information content (AvgIpc) is 3.24. The lowest BCUT2D eigenvalue weighted by Crippen LogP contribution is -2.38. The minimum atomic E-state index is -3.53. The van der Waals surface area contributed by atoms with Crippen molar-refractivity contribution in [1.29, 1.82) is 0 Å². The summed E-state index contributed by atoms with van der Waals surface area (Å²) in [6.07, 6.45) is 0. The minimum Gasteiger partial charge on any atom is -0.486 e. The Labute approximate surface area is 325 Å². The molecule has 0 saturated heterocycles. The average molecular weight is 870 g/mol. The van der Waals surface area contributed by atoms with Crippen molar-refractivity contribution in [1.82, 2.24) is 0 Å². The Morgan fingerprint density at radius 2 is 0.623 bits per heavy atom. The van der Waals surface area contributed by atoms with E-state index in [2.05, 4.69) is 0 Å². The van der Waals surface area contributed by atoms with Crippen LogP contribution in [0.3, 0.4) is 0 Å². The minimum absolute atomic E-state index is 0.134. The third-order valence-corrected chi connectivity index (χ3v) is 9.92. The van der Waals surface area contributed by atoms with Crippen LogP contribution in [0.5, 0.6) is 17.2 Å². The zero-order chi connectivity index (χ0) is 43.8. The van der Waals surface area contributed by atoms with E-state index in [0.717, 1.165) is 12.1 Å². The quantitative estimate of drug-likeness (QED) is 0.0416. The Morgan fingerprint density at radius 1 is 0.279 bits per heavy atom. The summed E-state index contributed by atoms with van der Waals surface area (Å²) in [6.45, 7) is 0. The topological polar surface area (TPSA) is 27.7 Å². The van der Waals surface area contributed by atoms with E-state index in [0.29, 0.717) is 16.2 Å². The van der Waals surface area contributed by atoms with Crippen LogP contribution in [-0.2, 0) is 0 Å². The first-order valence-corrected chi connectivity index (χ1v) is 16.7. The number of halogens is 17. The molecule has 0 aliphatic heterocycles. The molecule has 9 aromatic carbocycles. The summed E-state index contributed by atoms with van der Waals surface area (Å²) < 4.78 is 273. The Morgan fingerprint density at radius 3 is 1.11 bits per heavy atom. The predicted octanol–water partition coefficient (Wildman–Crippen LogP) is 12.9. The highest BCUT2D eigenvalue weighted by Crippen LogP contribution is 2.46. The first kappa shape index (κ1) is 39.5. The van der Waals surface area contributed by atoms with Crippen molar-refractivity contribution in [2.75, 3.05) is 0 Å². The van der Waals surface area contributed by atoms with Crippen molar-refractivity contribution >= 4 is 72.0 Å². The van der Waals surface area contributed by atoms with E-state index in [1.54, 1.807) is 24.3 Å². The summed E-state index contributed by atoms with van der Waals surface area (Å²) >= 11 is 0. The van der Waals surface area contributed by atoms with E-state index in [9.17, 15) is 35.1 Å². The van der Waals surface area contributed by atoms with Gasteiger partial charge in [0.1, 0.15) is 17.4 Å². The number of benzene rings is 9. The molecule has 0 unspecified atom stereocenters. The monoisotopic (exact) mass is 870 g/mol. The lowest BCUT2D eigenvalue weighted by atomic mass is 9.93. The summed E-state index contributed by atoms with van der Waals surface area (Å²) in [5.74, 6) is -51.2. The molecule has 0 atom stereocenters. The third-order valence-electron chi connectivity index (χ3n) is 9.92. The van der Waals surface area contributed by atoms with Crippen LogP contribution in [0.4, 0.5) is 74.6 Å². The van der Waals surface area contributed by atoms with E-state index in [1.165, 1.54) is 12.1 Å². The van der Waals surface area contributed by atoms with Crippen LogP contribution >= 0.6 is 0 Å². The molecule has 9 rings (SSSR count). The molecule has 61 heavy (non-hydrogen) atoms. The van der Waals surface area contributed by atoms with E-state index in [4.69, 9.17) is 14.0 Å². The first-order valence-electron chi connectivity index (χ1n) is 16.7. The fourth-order valence-electron chi connectivity index (χ4n) is 7.27. The van der Waals surface area contributed by atoms with Gasteiger partial charge in [0.05, 0.1) is 32.3 Å². The van der Waals surface area contributed by atoms with Gasteiger partial charge in [0.25, 0.3) is 0 Å². The maximum Gasteiger partial charge on any atom is 0.864 e. The molecule has 9 aromatic rings. The van der Waals surface area contributed by atoms with Crippen molar-refractivity contribution < 1.29 is 88.6 Å². The molecular weight excluding hydrogens is 862 g/mol. The van der Waals surface area contributed by atoms with Gasteiger partial charge in [-0.1, -0.05) is 36.4 Å². The molecule has 0 spiro atoms. The van der Waals surface area contributed by atoms with E-state index >= 15 is 39.5 Å². The van der Waals surface area contributed by atoms with Crippen molar-refractivity contribution in [3.8, 4) is 17.2 Å². The van der Waals surface area contributed by atoms with E-state index < -0.39 is 156 Å². The van der Waals surface area contributed by atoms with Crippen molar-refractivity contribution in [3.63, 3.8) is 0 Å². The smallest absolute Gasteiger partial charge is 0.486 e. The van der Waals surface area contributed by atoms with Crippen molar-refractivity contribution in [2.45, 2.75) is 0 Å². The summed E-state index contributed by atoms with van der Waals surface area (Å²) in [4.78, 5) is 0. The largest absolute Gasteiger partial charge is 0.864 e. The third kappa shape index (κ3) is 5.34. The van der Waals surface area contributed by atoms with Crippen LogP contribution in [0, 0.1) is 98.9 Å². The van der Waals surface area contributed by atoms with E-state index in [-0.39, 0.29) is 16.2 Å². The fraction of sp³-hybridized carbons (Fsp3) is 0. The van der Waals surface area contributed by atoms with Crippen LogP contribution in [-0.4, -0.2) is 7.32 Å². The molecular formula is C40H8BF17O3. The molecule has 0 radical (unpaired) electrons. The molecule has 0 aromatic heterocycles.